The maximum absolute atomic E-state index is 13.0. The van der Waals surface area contributed by atoms with Gasteiger partial charge < -0.3 is 33.8 Å². The maximum atomic E-state index is 13.0. The highest BCUT2D eigenvalue weighted by molar-refractivity contribution is 7.47. The molecule has 90 heavy (non-hydrogen) atoms. The van der Waals surface area contributed by atoms with E-state index in [0.29, 0.717) is 25.7 Å². The van der Waals surface area contributed by atoms with Crippen molar-refractivity contribution in [1.82, 2.24) is 0 Å². The summed E-state index contributed by atoms with van der Waals surface area (Å²) < 4.78 is 68.1. The third-order valence-corrected chi connectivity index (χ3v) is 18.8. The zero-order valence-electron chi connectivity index (χ0n) is 58.3. The van der Waals surface area contributed by atoms with Crippen LogP contribution in [0.4, 0.5) is 0 Å². The van der Waals surface area contributed by atoms with Gasteiger partial charge in [-0.15, -0.1) is 0 Å². The van der Waals surface area contributed by atoms with Crippen LogP contribution >= 0.6 is 15.6 Å². The smallest absolute Gasteiger partial charge is 0.462 e. The van der Waals surface area contributed by atoms with E-state index >= 15 is 0 Å². The summed E-state index contributed by atoms with van der Waals surface area (Å²) in [6.07, 6.45) is 51.6. The Morgan fingerprint density at radius 3 is 0.789 bits per heavy atom. The van der Waals surface area contributed by atoms with E-state index in [1.165, 1.54) is 186 Å². The van der Waals surface area contributed by atoms with E-state index in [0.717, 1.165) is 102 Å². The highest BCUT2D eigenvalue weighted by atomic mass is 31.2. The number of ether oxygens (including phenoxy) is 4. The third-order valence-electron chi connectivity index (χ3n) is 16.9. The lowest BCUT2D eigenvalue weighted by Crippen LogP contribution is -2.30. The molecule has 0 rings (SSSR count). The molecule has 19 heteroatoms. The van der Waals surface area contributed by atoms with Crippen LogP contribution in [0.3, 0.4) is 0 Å². The van der Waals surface area contributed by atoms with Crippen LogP contribution < -0.4 is 0 Å². The SMILES string of the molecule is CCCCCCCCCCCCCCCCCCCCCC(=O)O[C@H](COC(=O)CCCCCCCCCCCCC(C)CC)COP(=O)(O)OC[C@@H](O)COP(=O)(O)OC[C@@H](COC(=O)CCCCCCC)OC(=O)CCCCCCCCCCCCCC. The number of esters is 4. The predicted molar refractivity (Wildman–Crippen MR) is 363 cm³/mol. The van der Waals surface area contributed by atoms with Gasteiger partial charge in [0.25, 0.3) is 0 Å². The Bertz CT molecular complexity index is 1740. The summed E-state index contributed by atoms with van der Waals surface area (Å²) in [5.41, 5.74) is 0. The van der Waals surface area contributed by atoms with Gasteiger partial charge in [-0.2, -0.15) is 0 Å². The maximum Gasteiger partial charge on any atom is 0.472 e. The summed E-state index contributed by atoms with van der Waals surface area (Å²) in [4.78, 5) is 72.3. The highest BCUT2D eigenvalue weighted by Gasteiger charge is 2.30. The Kier molecular flexibility index (Phi) is 63.0. The van der Waals surface area contributed by atoms with Gasteiger partial charge in [0, 0.05) is 25.7 Å². The van der Waals surface area contributed by atoms with Gasteiger partial charge in [0.1, 0.15) is 19.3 Å². The fourth-order valence-electron chi connectivity index (χ4n) is 10.8. The Morgan fingerprint density at radius 1 is 0.311 bits per heavy atom. The topological polar surface area (TPSA) is 237 Å². The van der Waals surface area contributed by atoms with E-state index in [9.17, 15) is 43.2 Å². The number of rotatable bonds is 71. The first kappa shape index (κ1) is 88.1. The molecule has 0 amide bonds. The van der Waals surface area contributed by atoms with Crippen molar-refractivity contribution in [3.8, 4) is 0 Å². The van der Waals surface area contributed by atoms with Crippen LogP contribution in [0.1, 0.15) is 369 Å². The quantitative estimate of drug-likeness (QED) is 0.0222. The van der Waals surface area contributed by atoms with E-state index in [-0.39, 0.29) is 25.7 Å². The normalized spacial score (nSPS) is 14.4. The third kappa shape index (κ3) is 63.5. The van der Waals surface area contributed by atoms with Gasteiger partial charge in [0.05, 0.1) is 26.4 Å². The average molecular weight is 1330 g/mol. The largest absolute Gasteiger partial charge is 0.472 e. The molecule has 534 valence electrons. The number of unbranched alkanes of at least 4 members (excludes halogenated alkanes) is 42. The number of aliphatic hydroxyl groups is 1. The lowest BCUT2D eigenvalue weighted by molar-refractivity contribution is -0.161. The highest BCUT2D eigenvalue weighted by Crippen LogP contribution is 2.45. The average Bonchev–Trinajstić information content (AvgIpc) is 3.13. The fraction of sp³-hybridized carbons (Fsp3) is 0.944. The molecule has 0 aromatic carbocycles. The van der Waals surface area contributed by atoms with Crippen LogP contribution in [-0.2, 0) is 65.4 Å². The van der Waals surface area contributed by atoms with Gasteiger partial charge in [-0.05, 0) is 31.6 Å². The summed E-state index contributed by atoms with van der Waals surface area (Å²) >= 11 is 0. The molecule has 3 N–H and O–H groups in total. The zero-order chi connectivity index (χ0) is 66.3. The lowest BCUT2D eigenvalue weighted by Gasteiger charge is -2.21. The molecule has 0 saturated heterocycles. The van der Waals surface area contributed by atoms with Crippen molar-refractivity contribution >= 4 is 39.5 Å². The molecule has 0 bridgehead atoms. The molecule has 0 fully saturated rings. The number of hydrogen-bond acceptors (Lipinski definition) is 15. The fourth-order valence-corrected chi connectivity index (χ4v) is 12.4. The molecule has 0 aromatic heterocycles. The van der Waals surface area contributed by atoms with Gasteiger partial charge >= 0.3 is 39.5 Å². The molecule has 0 radical (unpaired) electrons. The Labute approximate surface area is 549 Å². The summed E-state index contributed by atoms with van der Waals surface area (Å²) in [6.45, 7) is 7.20. The van der Waals surface area contributed by atoms with Gasteiger partial charge in [-0.1, -0.05) is 317 Å². The molecule has 0 aliphatic rings. The van der Waals surface area contributed by atoms with E-state index in [2.05, 4.69) is 34.6 Å². The lowest BCUT2D eigenvalue weighted by atomic mass is 9.99. The van der Waals surface area contributed by atoms with E-state index in [1.807, 2.05) is 0 Å². The number of aliphatic hydroxyl groups excluding tert-OH is 1. The molecular weight excluding hydrogens is 1190 g/mol. The minimum Gasteiger partial charge on any atom is -0.462 e. The predicted octanol–water partition coefficient (Wildman–Crippen LogP) is 20.5. The van der Waals surface area contributed by atoms with Crippen molar-refractivity contribution in [2.45, 2.75) is 387 Å². The minimum atomic E-state index is -4.95. The molecule has 0 heterocycles. The molecule has 17 nitrogen and oxygen atoms in total. The monoisotopic (exact) mass is 1320 g/mol. The van der Waals surface area contributed by atoms with E-state index in [4.69, 9.17) is 37.0 Å². The van der Waals surface area contributed by atoms with Gasteiger partial charge in [0.2, 0.25) is 0 Å². The molecule has 0 aromatic rings. The van der Waals surface area contributed by atoms with Crippen molar-refractivity contribution < 1.29 is 80.2 Å². The molecule has 3 unspecified atom stereocenters. The van der Waals surface area contributed by atoms with Crippen molar-refractivity contribution in [2.24, 2.45) is 5.92 Å². The molecule has 0 saturated carbocycles. The number of phosphoric ester groups is 2. The first-order chi connectivity index (χ1) is 43.6. The Hall–Kier alpha value is -1.94. The van der Waals surface area contributed by atoms with Crippen LogP contribution in [0.15, 0.2) is 0 Å². The molecular formula is C71H138O17P2. The van der Waals surface area contributed by atoms with Crippen LogP contribution in [0, 0.1) is 5.92 Å². The first-order valence-electron chi connectivity index (χ1n) is 37.2. The van der Waals surface area contributed by atoms with E-state index in [1.54, 1.807) is 0 Å². The second-order valence-electron chi connectivity index (χ2n) is 25.9. The van der Waals surface area contributed by atoms with Crippen molar-refractivity contribution in [3.63, 3.8) is 0 Å². The second kappa shape index (κ2) is 64.4. The zero-order valence-corrected chi connectivity index (χ0v) is 60.1. The standard InChI is InChI=1S/C71H138O17P2/c1-6-10-13-16-18-20-22-24-25-26-27-28-29-30-32-38-42-47-52-57-71(76)88-67(61-82-69(74)55-50-45-40-36-34-33-35-39-44-48-53-64(5)9-4)63-86-90(79,80)84-59-65(72)58-83-89(77,78)85-62-66(60-81-68(73)54-49-43-15-12-8-3)87-70(75)56-51-46-41-37-31-23-21-19-17-14-11-7-2/h64-67,72H,6-63H2,1-5H3,(H,77,78)(H,79,80)/t64?,65-,66+,67+/m0/s1. The van der Waals surface area contributed by atoms with Crippen LogP contribution in [0.25, 0.3) is 0 Å². The number of carbonyl (C=O) groups is 4. The minimum absolute atomic E-state index is 0.107. The van der Waals surface area contributed by atoms with Crippen LogP contribution in [-0.4, -0.2) is 96.7 Å². The Balaban J connectivity index is 5.14. The van der Waals surface area contributed by atoms with Gasteiger partial charge in [-0.25, -0.2) is 9.13 Å². The van der Waals surface area contributed by atoms with Crippen molar-refractivity contribution in [1.29, 1.82) is 0 Å². The van der Waals surface area contributed by atoms with Crippen molar-refractivity contribution in [2.75, 3.05) is 39.6 Å². The van der Waals surface area contributed by atoms with Gasteiger partial charge in [-0.3, -0.25) is 37.3 Å². The number of hydrogen-bond donors (Lipinski definition) is 3. The summed E-state index contributed by atoms with van der Waals surface area (Å²) in [7, 11) is -9.89. The number of carbonyl (C=O) groups excluding carboxylic acids is 4. The molecule has 0 aliphatic carbocycles. The summed E-state index contributed by atoms with van der Waals surface area (Å²) in [5.74, 6) is -1.32. The Morgan fingerprint density at radius 2 is 0.533 bits per heavy atom. The summed E-state index contributed by atoms with van der Waals surface area (Å²) in [5, 5.41) is 10.6. The molecule has 0 spiro atoms. The molecule has 6 atom stereocenters. The van der Waals surface area contributed by atoms with Gasteiger partial charge in [0.15, 0.2) is 12.2 Å². The first-order valence-corrected chi connectivity index (χ1v) is 40.2. The van der Waals surface area contributed by atoms with E-state index < -0.39 is 97.5 Å². The second-order valence-corrected chi connectivity index (χ2v) is 28.8. The van der Waals surface area contributed by atoms with Crippen molar-refractivity contribution in [3.05, 3.63) is 0 Å². The van der Waals surface area contributed by atoms with Crippen LogP contribution in [0.2, 0.25) is 0 Å². The summed E-state index contributed by atoms with van der Waals surface area (Å²) in [6, 6.07) is 0. The van der Waals surface area contributed by atoms with Crippen LogP contribution in [0.5, 0.6) is 0 Å². The molecule has 0 aliphatic heterocycles. The number of phosphoric acid groups is 2.